The highest BCUT2D eigenvalue weighted by Crippen LogP contribution is 2.28. The van der Waals surface area contributed by atoms with Crippen LogP contribution in [0.2, 0.25) is 0 Å². The smallest absolute Gasteiger partial charge is 0.308 e. The van der Waals surface area contributed by atoms with Crippen LogP contribution in [-0.2, 0) is 9.53 Å². The number of methoxy groups -OCH3 is 1. The van der Waals surface area contributed by atoms with Crippen molar-refractivity contribution >= 4 is 5.97 Å². The van der Waals surface area contributed by atoms with Gasteiger partial charge < -0.3 is 20.1 Å². The maximum Gasteiger partial charge on any atom is 0.308 e. The van der Waals surface area contributed by atoms with Gasteiger partial charge in [0.15, 0.2) is 0 Å². The van der Waals surface area contributed by atoms with Gasteiger partial charge in [-0.05, 0) is 0 Å². The zero-order valence-electron chi connectivity index (χ0n) is 9.43. The lowest BCUT2D eigenvalue weighted by molar-refractivity contribution is -0.144. The van der Waals surface area contributed by atoms with Crippen molar-refractivity contribution in [2.24, 2.45) is 0 Å². The second-order valence-corrected chi connectivity index (χ2v) is 3.62. The standard InChI is InChI=1S/C11H12F2O5/c1-18-9(16)4-8(15)11(17)10-6(12)2-5(14)3-7(10)13/h2-3,8,11,14-15,17H,4H2,1H3. The van der Waals surface area contributed by atoms with Gasteiger partial charge in [-0.1, -0.05) is 0 Å². The van der Waals surface area contributed by atoms with Gasteiger partial charge in [0, 0.05) is 12.1 Å². The Kier molecular flexibility index (Phi) is 4.57. The average Bonchev–Trinajstić information content (AvgIpc) is 2.27. The molecule has 0 bridgehead atoms. The van der Waals surface area contributed by atoms with Gasteiger partial charge in [0.2, 0.25) is 0 Å². The average molecular weight is 262 g/mol. The third-order valence-corrected chi connectivity index (χ3v) is 2.33. The third-order valence-electron chi connectivity index (χ3n) is 2.33. The summed E-state index contributed by atoms with van der Waals surface area (Å²) in [6.45, 7) is 0. The second kappa shape index (κ2) is 5.74. The van der Waals surface area contributed by atoms with E-state index < -0.39 is 47.5 Å². The molecule has 0 spiro atoms. The number of phenols is 1. The monoisotopic (exact) mass is 262 g/mol. The molecule has 2 atom stereocenters. The summed E-state index contributed by atoms with van der Waals surface area (Å²) in [6.07, 6.45) is -4.27. The summed E-state index contributed by atoms with van der Waals surface area (Å²) in [7, 11) is 1.07. The number of carbonyl (C=O) groups excluding carboxylic acids is 1. The number of benzene rings is 1. The summed E-state index contributed by atoms with van der Waals surface area (Å²) in [5, 5.41) is 27.9. The van der Waals surface area contributed by atoms with E-state index in [0.717, 1.165) is 7.11 Å². The third kappa shape index (κ3) is 3.14. The van der Waals surface area contributed by atoms with Gasteiger partial charge in [-0.3, -0.25) is 4.79 Å². The fourth-order valence-corrected chi connectivity index (χ4v) is 1.41. The van der Waals surface area contributed by atoms with Crippen molar-refractivity contribution < 1.29 is 33.6 Å². The summed E-state index contributed by atoms with van der Waals surface area (Å²) >= 11 is 0. The molecule has 2 unspecified atom stereocenters. The molecule has 0 aliphatic heterocycles. The maximum atomic E-state index is 13.4. The van der Waals surface area contributed by atoms with Crippen molar-refractivity contribution in [3.8, 4) is 5.75 Å². The van der Waals surface area contributed by atoms with E-state index in [1.165, 1.54) is 0 Å². The molecule has 7 heteroatoms. The first kappa shape index (κ1) is 14.3. The molecule has 1 rings (SSSR count). The van der Waals surface area contributed by atoms with Gasteiger partial charge in [-0.15, -0.1) is 0 Å². The predicted molar refractivity (Wildman–Crippen MR) is 55.6 cm³/mol. The number of hydrogen-bond donors (Lipinski definition) is 3. The zero-order valence-corrected chi connectivity index (χ0v) is 9.43. The van der Waals surface area contributed by atoms with Crippen LogP contribution < -0.4 is 0 Å². The lowest BCUT2D eigenvalue weighted by Crippen LogP contribution is -2.24. The van der Waals surface area contributed by atoms with Gasteiger partial charge in [0.05, 0.1) is 25.2 Å². The fourth-order valence-electron chi connectivity index (χ4n) is 1.41. The molecule has 0 radical (unpaired) electrons. The lowest BCUT2D eigenvalue weighted by atomic mass is 10.0. The van der Waals surface area contributed by atoms with E-state index in [0.29, 0.717) is 12.1 Å². The molecule has 0 heterocycles. The number of halogens is 2. The molecule has 0 saturated heterocycles. The van der Waals surface area contributed by atoms with Gasteiger partial charge in [-0.25, -0.2) is 8.78 Å². The highest BCUT2D eigenvalue weighted by atomic mass is 19.1. The van der Waals surface area contributed by atoms with Crippen molar-refractivity contribution in [1.82, 2.24) is 0 Å². The first-order valence-corrected chi connectivity index (χ1v) is 4.97. The Balaban J connectivity index is 2.96. The summed E-state index contributed by atoms with van der Waals surface area (Å²) in [5.41, 5.74) is -0.816. The number of rotatable bonds is 4. The SMILES string of the molecule is COC(=O)CC(O)C(O)c1c(F)cc(O)cc1F. The van der Waals surface area contributed by atoms with Crippen LogP contribution in [-0.4, -0.2) is 34.5 Å². The molecule has 0 aliphatic carbocycles. The molecule has 0 saturated carbocycles. The van der Waals surface area contributed by atoms with Gasteiger partial charge in [-0.2, -0.15) is 0 Å². The molecular formula is C11H12F2O5. The van der Waals surface area contributed by atoms with Crippen molar-refractivity contribution in [3.05, 3.63) is 29.3 Å². The molecule has 1 aromatic rings. The quantitative estimate of drug-likeness (QED) is 0.693. The first-order chi connectivity index (χ1) is 8.36. The minimum Gasteiger partial charge on any atom is -0.508 e. The molecule has 0 aliphatic rings. The van der Waals surface area contributed by atoms with Crippen LogP contribution in [0.4, 0.5) is 8.78 Å². The zero-order chi connectivity index (χ0) is 13.9. The Morgan fingerprint density at radius 1 is 1.33 bits per heavy atom. The summed E-state index contributed by atoms with van der Waals surface area (Å²) in [5.74, 6) is -3.92. The molecule has 0 aromatic heterocycles. The number of aliphatic hydroxyl groups excluding tert-OH is 2. The van der Waals surface area contributed by atoms with Crippen LogP contribution in [0.5, 0.6) is 5.75 Å². The van der Waals surface area contributed by atoms with Crippen LogP contribution >= 0.6 is 0 Å². The van der Waals surface area contributed by atoms with Crippen LogP contribution in [0, 0.1) is 11.6 Å². The molecule has 5 nitrogen and oxygen atoms in total. The number of ether oxygens (including phenoxy) is 1. The van der Waals surface area contributed by atoms with Crippen LogP contribution in [0.1, 0.15) is 18.1 Å². The van der Waals surface area contributed by atoms with E-state index in [2.05, 4.69) is 4.74 Å². The van der Waals surface area contributed by atoms with E-state index in [9.17, 15) is 23.8 Å². The number of aromatic hydroxyl groups is 1. The number of hydrogen-bond acceptors (Lipinski definition) is 5. The summed E-state index contributed by atoms with van der Waals surface area (Å²) < 4.78 is 31.0. The van der Waals surface area contributed by atoms with Crippen molar-refractivity contribution in [2.45, 2.75) is 18.6 Å². The molecule has 100 valence electrons. The first-order valence-electron chi connectivity index (χ1n) is 4.97. The largest absolute Gasteiger partial charge is 0.508 e. The lowest BCUT2D eigenvalue weighted by Gasteiger charge is -2.18. The Hall–Kier alpha value is -1.73. The molecule has 0 fully saturated rings. The Bertz CT molecular complexity index is 426. The fraction of sp³-hybridized carbons (Fsp3) is 0.364. The van der Waals surface area contributed by atoms with Gasteiger partial charge >= 0.3 is 5.97 Å². The normalized spacial score (nSPS) is 14.1. The molecular weight excluding hydrogens is 250 g/mol. The van der Waals surface area contributed by atoms with E-state index in [4.69, 9.17) is 5.11 Å². The molecule has 1 aromatic carbocycles. The van der Waals surface area contributed by atoms with Gasteiger partial charge in [0.25, 0.3) is 0 Å². The van der Waals surface area contributed by atoms with Gasteiger partial charge in [0.1, 0.15) is 23.5 Å². The molecule has 3 N–H and O–H groups in total. The molecule has 0 amide bonds. The van der Waals surface area contributed by atoms with Crippen molar-refractivity contribution in [2.75, 3.05) is 7.11 Å². The van der Waals surface area contributed by atoms with E-state index in [1.807, 2.05) is 0 Å². The van der Waals surface area contributed by atoms with Crippen LogP contribution in [0.15, 0.2) is 12.1 Å². The van der Waals surface area contributed by atoms with E-state index in [1.54, 1.807) is 0 Å². The Morgan fingerprint density at radius 3 is 2.28 bits per heavy atom. The predicted octanol–water partition coefficient (Wildman–Crippen LogP) is 0.628. The minimum atomic E-state index is -1.94. The molecule has 18 heavy (non-hydrogen) atoms. The van der Waals surface area contributed by atoms with E-state index in [-0.39, 0.29) is 0 Å². The number of aliphatic hydroxyl groups is 2. The Labute approximate surface area is 101 Å². The maximum absolute atomic E-state index is 13.4. The van der Waals surface area contributed by atoms with Crippen molar-refractivity contribution in [1.29, 1.82) is 0 Å². The topological polar surface area (TPSA) is 87.0 Å². The Morgan fingerprint density at radius 2 is 1.83 bits per heavy atom. The highest BCUT2D eigenvalue weighted by molar-refractivity contribution is 5.69. The second-order valence-electron chi connectivity index (χ2n) is 3.62. The van der Waals surface area contributed by atoms with Crippen LogP contribution in [0.3, 0.4) is 0 Å². The van der Waals surface area contributed by atoms with Crippen LogP contribution in [0.25, 0.3) is 0 Å². The highest BCUT2D eigenvalue weighted by Gasteiger charge is 2.27. The van der Waals surface area contributed by atoms with E-state index >= 15 is 0 Å². The number of esters is 1. The number of carbonyl (C=O) groups is 1. The van der Waals surface area contributed by atoms with Crippen molar-refractivity contribution in [3.63, 3.8) is 0 Å². The summed E-state index contributed by atoms with van der Waals surface area (Å²) in [6, 6.07) is 1.18. The number of phenolic OH excluding ortho intramolecular Hbond substituents is 1. The minimum absolute atomic E-state index is 0.590. The summed E-state index contributed by atoms with van der Waals surface area (Å²) in [4.78, 5) is 10.9.